The molecule has 132 valence electrons. The Labute approximate surface area is 151 Å². The van der Waals surface area contributed by atoms with Gasteiger partial charge in [-0.15, -0.1) is 0 Å². The Kier molecular flexibility index (Phi) is 5.71. The molecule has 0 saturated carbocycles. The number of aliphatic imine (C=N–C) groups is 1. The van der Waals surface area contributed by atoms with Crippen molar-refractivity contribution >= 4 is 23.4 Å². The van der Waals surface area contributed by atoms with Gasteiger partial charge >= 0.3 is 0 Å². The maximum absolute atomic E-state index is 13.9. The Balaban J connectivity index is 1.54. The lowest BCUT2D eigenvalue weighted by molar-refractivity contribution is 0.612. The highest BCUT2D eigenvalue weighted by Gasteiger charge is 2.25. The monoisotopic (exact) mass is 361 g/mol. The second kappa shape index (κ2) is 8.16. The third-order valence-electron chi connectivity index (χ3n) is 4.14. The molecule has 0 radical (unpaired) electrons. The normalized spacial score (nSPS) is 17.6. The van der Waals surface area contributed by atoms with E-state index in [-0.39, 0.29) is 11.9 Å². The van der Waals surface area contributed by atoms with Gasteiger partial charge in [-0.1, -0.05) is 23.7 Å². The van der Waals surface area contributed by atoms with Crippen LogP contribution in [0.1, 0.15) is 12.0 Å². The first kappa shape index (κ1) is 17.5. The predicted octanol–water partition coefficient (Wildman–Crippen LogP) is 2.82. The van der Waals surface area contributed by atoms with E-state index in [4.69, 9.17) is 11.6 Å². The summed E-state index contributed by atoms with van der Waals surface area (Å²) in [6, 6.07) is 10.9. The van der Waals surface area contributed by atoms with Crippen molar-refractivity contribution < 1.29 is 4.39 Å². The number of guanidine groups is 1. The quantitative estimate of drug-likeness (QED) is 0.649. The summed E-state index contributed by atoms with van der Waals surface area (Å²) in [5.41, 5.74) is 1.08. The smallest absolute Gasteiger partial charge is 0.191 e. The van der Waals surface area contributed by atoms with Crippen molar-refractivity contribution in [3.8, 4) is 0 Å². The van der Waals surface area contributed by atoms with Crippen LogP contribution in [-0.4, -0.2) is 37.1 Å². The lowest BCUT2D eigenvalue weighted by Crippen LogP contribution is -2.44. The summed E-state index contributed by atoms with van der Waals surface area (Å²) in [7, 11) is 1.73. The van der Waals surface area contributed by atoms with Crippen LogP contribution in [0, 0.1) is 5.82 Å². The summed E-state index contributed by atoms with van der Waals surface area (Å²) in [6.45, 7) is 2.08. The number of hydrogen-bond acceptors (Lipinski definition) is 3. The number of benzene rings is 1. The van der Waals surface area contributed by atoms with Gasteiger partial charge in [-0.3, -0.25) is 4.99 Å². The summed E-state index contributed by atoms with van der Waals surface area (Å²) < 4.78 is 13.9. The zero-order valence-corrected chi connectivity index (χ0v) is 14.8. The van der Waals surface area contributed by atoms with E-state index in [9.17, 15) is 4.39 Å². The fourth-order valence-corrected chi connectivity index (χ4v) is 3.11. The lowest BCUT2D eigenvalue weighted by Gasteiger charge is -2.20. The molecule has 2 heterocycles. The highest BCUT2D eigenvalue weighted by Crippen LogP contribution is 2.20. The van der Waals surface area contributed by atoms with E-state index in [1.165, 1.54) is 6.07 Å². The van der Waals surface area contributed by atoms with Crippen LogP contribution in [0.5, 0.6) is 0 Å². The molecule has 25 heavy (non-hydrogen) atoms. The Morgan fingerprint density at radius 2 is 2.28 bits per heavy atom. The minimum absolute atomic E-state index is 0.187. The van der Waals surface area contributed by atoms with Crippen LogP contribution in [-0.2, 0) is 6.54 Å². The van der Waals surface area contributed by atoms with Crippen molar-refractivity contribution in [3.63, 3.8) is 0 Å². The van der Waals surface area contributed by atoms with Gasteiger partial charge in [0.25, 0.3) is 0 Å². The summed E-state index contributed by atoms with van der Waals surface area (Å²) >= 11 is 6.00. The molecule has 2 N–H and O–H groups in total. The number of aromatic nitrogens is 1. The molecule has 7 heteroatoms. The molecule has 1 saturated heterocycles. The molecule has 1 aliphatic rings. The number of rotatable bonds is 4. The van der Waals surface area contributed by atoms with Crippen molar-refractivity contribution in [2.75, 3.05) is 25.0 Å². The number of pyridine rings is 1. The molecule has 1 aromatic carbocycles. The highest BCUT2D eigenvalue weighted by molar-refractivity contribution is 6.30. The number of halogens is 2. The Morgan fingerprint density at radius 1 is 1.40 bits per heavy atom. The second-order valence-electron chi connectivity index (χ2n) is 5.94. The molecule has 5 nitrogen and oxygen atoms in total. The first-order valence-corrected chi connectivity index (χ1v) is 8.60. The van der Waals surface area contributed by atoms with Gasteiger partial charge in [0.15, 0.2) is 17.6 Å². The second-order valence-corrected chi connectivity index (χ2v) is 6.38. The molecule has 0 amide bonds. The zero-order chi connectivity index (χ0) is 17.6. The molecule has 1 fully saturated rings. The van der Waals surface area contributed by atoms with Crippen LogP contribution in [0.4, 0.5) is 10.2 Å². The van der Waals surface area contributed by atoms with Crippen molar-refractivity contribution in [1.82, 2.24) is 15.6 Å². The van der Waals surface area contributed by atoms with E-state index in [0.717, 1.165) is 18.5 Å². The molecule has 1 atom stereocenters. The maximum Gasteiger partial charge on any atom is 0.191 e. The molecule has 0 spiro atoms. The fraction of sp³-hybridized carbons (Fsp3) is 0.333. The summed E-state index contributed by atoms with van der Waals surface area (Å²) in [4.78, 5) is 10.4. The molecule has 1 aromatic heterocycles. The van der Waals surface area contributed by atoms with Gasteiger partial charge in [-0.2, -0.15) is 0 Å². The fourth-order valence-electron chi connectivity index (χ4n) is 2.90. The van der Waals surface area contributed by atoms with Crippen LogP contribution < -0.4 is 15.5 Å². The molecular weight excluding hydrogens is 341 g/mol. The number of anilines is 1. The van der Waals surface area contributed by atoms with E-state index in [0.29, 0.717) is 29.9 Å². The van der Waals surface area contributed by atoms with Crippen molar-refractivity contribution in [2.24, 2.45) is 4.99 Å². The molecule has 0 aliphatic carbocycles. The minimum Gasteiger partial charge on any atom is -0.352 e. The standard InChI is InChI=1S/C18H21ClFN5/c1-21-18(23-11-13-4-2-5-14(19)10-13)24-15-7-9-25(12-15)17-16(20)6-3-8-22-17/h2-6,8,10,15H,7,9,11-12H2,1H3,(H2,21,23,24). The van der Waals surface area contributed by atoms with Crippen LogP contribution in [0.25, 0.3) is 0 Å². The predicted molar refractivity (Wildman–Crippen MR) is 99.6 cm³/mol. The summed E-state index contributed by atoms with van der Waals surface area (Å²) in [5, 5.41) is 7.38. The van der Waals surface area contributed by atoms with E-state index in [1.54, 1.807) is 19.3 Å². The lowest BCUT2D eigenvalue weighted by atomic mass is 10.2. The van der Waals surface area contributed by atoms with Crippen LogP contribution in [0.3, 0.4) is 0 Å². The van der Waals surface area contributed by atoms with E-state index >= 15 is 0 Å². The summed E-state index contributed by atoms with van der Waals surface area (Å²) in [5.74, 6) is 0.841. The van der Waals surface area contributed by atoms with Crippen molar-refractivity contribution in [3.05, 3.63) is 59.0 Å². The van der Waals surface area contributed by atoms with E-state index < -0.39 is 0 Å². The molecule has 1 aliphatic heterocycles. The Morgan fingerprint density at radius 3 is 3.04 bits per heavy atom. The zero-order valence-electron chi connectivity index (χ0n) is 14.0. The third-order valence-corrected chi connectivity index (χ3v) is 4.38. The van der Waals surface area contributed by atoms with Crippen molar-refractivity contribution in [1.29, 1.82) is 0 Å². The van der Waals surface area contributed by atoms with Crippen molar-refractivity contribution in [2.45, 2.75) is 19.0 Å². The SMILES string of the molecule is CN=C(NCc1cccc(Cl)c1)NC1CCN(c2ncccc2F)C1. The largest absolute Gasteiger partial charge is 0.352 e. The topological polar surface area (TPSA) is 52.6 Å². The van der Waals surface area contributed by atoms with Gasteiger partial charge in [-0.05, 0) is 36.2 Å². The maximum atomic E-state index is 13.9. The van der Waals surface area contributed by atoms with Gasteiger partial charge in [0.2, 0.25) is 0 Å². The van der Waals surface area contributed by atoms with Gasteiger partial charge in [-0.25, -0.2) is 9.37 Å². The average Bonchev–Trinajstić information content (AvgIpc) is 3.07. The number of nitrogens with zero attached hydrogens (tertiary/aromatic N) is 3. The first-order chi connectivity index (χ1) is 12.2. The molecule has 0 bridgehead atoms. The Hall–Kier alpha value is -2.34. The molecule has 3 rings (SSSR count). The number of hydrogen-bond donors (Lipinski definition) is 2. The van der Waals surface area contributed by atoms with Gasteiger partial charge in [0.05, 0.1) is 0 Å². The van der Waals surface area contributed by atoms with Crippen LogP contribution in [0.2, 0.25) is 5.02 Å². The van der Waals surface area contributed by atoms with E-state index in [2.05, 4.69) is 20.6 Å². The molecular formula is C18H21ClFN5. The average molecular weight is 362 g/mol. The van der Waals surface area contributed by atoms with Gasteiger partial charge in [0.1, 0.15) is 0 Å². The van der Waals surface area contributed by atoms with Crippen LogP contribution >= 0.6 is 11.6 Å². The molecule has 2 aromatic rings. The van der Waals surface area contributed by atoms with E-state index in [1.807, 2.05) is 29.2 Å². The molecule has 1 unspecified atom stereocenters. The Bertz CT molecular complexity index is 752. The highest BCUT2D eigenvalue weighted by atomic mass is 35.5. The van der Waals surface area contributed by atoms with Crippen LogP contribution in [0.15, 0.2) is 47.6 Å². The minimum atomic E-state index is -0.286. The summed E-state index contributed by atoms with van der Waals surface area (Å²) in [6.07, 6.45) is 2.51. The van der Waals surface area contributed by atoms with Gasteiger partial charge in [0, 0.05) is 43.9 Å². The first-order valence-electron chi connectivity index (χ1n) is 8.23. The number of nitrogens with one attached hydrogen (secondary N) is 2. The third kappa shape index (κ3) is 4.60. The van der Waals surface area contributed by atoms with Gasteiger partial charge < -0.3 is 15.5 Å².